The Hall–Kier alpha value is -3.48. The van der Waals surface area contributed by atoms with Crippen LogP contribution in [0.5, 0.6) is 0 Å². The average Bonchev–Trinajstić information content (AvgIpc) is 3.13. The molecule has 150 valence electrons. The molecule has 3 aromatic rings. The Morgan fingerprint density at radius 3 is 2.45 bits per heavy atom. The van der Waals surface area contributed by atoms with Gasteiger partial charge >= 0.3 is 5.97 Å². The molecule has 1 amide bonds. The van der Waals surface area contributed by atoms with Gasteiger partial charge in [0.2, 0.25) is 0 Å². The SMILES string of the molecule is Cc1cccc(-c2nn(-c3ccc(F)cc3)cc2C(=O)O[C@H](C)C(=O)N(C)C)c1. The Kier molecular flexibility index (Phi) is 5.77. The van der Waals surface area contributed by atoms with E-state index in [2.05, 4.69) is 5.10 Å². The first kappa shape index (κ1) is 20.3. The van der Waals surface area contributed by atoms with Gasteiger partial charge in [-0.05, 0) is 44.2 Å². The largest absolute Gasteiger partial charge is 0.449 e. The van der Waals surface area contributed by atoms with Crippen molar-refractivity contribution in [1.82, 2.24) is 14.7 Å². The van der Waals surface area contributed by atoms with Crippen molar-refractivity contribution in [2.45, 2.75) is 20.0 Å². The normalized spacial score (nSPS) is 11.8. The van der Waals surface area contributed by atoms with Crippen LogP contribution in [0.2, 0.25) is 0 Å². The first-order valence-corrected chi connectivity index (χ1v) is 9.11. The minimum Gasteiger partial charge on any atom is -0.449 e. The molecule has 1 atom stereocenters. The number of hydrogen-bond donors (Lipinski definition) is 0. The minimum atomic E-state index is -0.933. The fourth-order valence-corrected chi connectivity index (χ4v) is 2.89. The summed E-state index contributed by atoms with van der Waals surface area (Å²) >= 11 is 0. The van der Waals surface area contributed by atoms with E-state index in [1.807, 2.05) is 31.2 Å². The second kappa shape index (κ2) is 8.26. The summed E-state index contributed by atoms with van der Waals surface area (Å²) in [5.74, 6) is -1.34. The Labute approximate surface area is 168 Å². The number of rotatable bonds is 5. The summed E-state index contributed by atoms with van der Waals surface area (Å²) in [6.07, 6.45) is 0.595. The van der Waals surface area contributed by atoms with Crippen LogP contribution in [0.15, 0.2) is 54.7 Å². The smallest absolute Gasteiger partial charge is 0.342 e. The molecule has 29 heavy (non-hydrogen) atoms. The van der Waals surface area contributed by atoms with Crippen LogP contribution in [-0.2, 0) is 9.53 Å². The van der Waals surface area contributed by atoms with Crippen molar-refractivity contribution in [3.8, 4) is 16.9 Å². The Morgan fingerprint density at radius 2 is 1.83 bits per heavy atom. The molecule has 1 heterocycles. The Morgan fingerprint density at radius 1 is 1.14 bits per heavy atom. The molecule has 0 saturated carbocycles. The number of esters is 1. The van der Waals surface area contributed by atoms with Crippen LogP contribution >= 0.6 is 0 Å². The predicted molar refractivity (Wildman–Crippen MR) is 107 cm³/mol. The van der Waals surface area contributed by atoms with Gasteiger partial charge < -0.3 is 9.64 Å². The summed E-state index contributed by atoms with van der Waals surface area (Å²) in [6.45, 7) is 3.47. The van der Waals surface area contributed by atoms with Gasteiger partial charge in [-0.1, -0.05) is 23.8 Å². The van der Waals surface area contributed by atoms with Crippen molar-refractivity contribution in [3.63, 3.8) is 0 Å². The summed E-state index contributed by atoms with van der Waals surface area (Å²) in [5.41, 5.74) is 2.99. The molecule has 7 heteroatoms. The number of nitrogens with zero attached hydrogens (tertiary/aromatic N) is 3. The standard InChI is InChI=1S/C22H22FN3O3/c1-14-6-5-7-16(12-14)20-19(22(28)29-15(2)21(27)25(3)4)13-26(24-20)18-10-8-17(23)9-11-18/h5-13,15H,1-4H3/t15-/m1/s1. The summed E-state index contributed by atoms with van der Waals surface area (Å²) in [6, 6.07) is 13.3. The van der Waals surface area contributed by atoms with E-state index in [1.54, 1.807) is 26.2 Å². The molecule has 0 unspecified atom stereocenters. The van der Waals surface area contributed by atoms with Crippen LogP contribution in [0, 0.1) is 12.7 Å². The number of hydrogen-bond acceptors (Lipinski definition) is 4. The summed E-state index contributed by atoms with van der Waals surface area (Å²) < 4.78 is 20.1. The van der Waals surface area contributed by atoms with Gasteiger partial charge in [0.05, 0.1) is 5.69 Å². The topological polar surface area (TPSA) is 64.4 Å². The molecule has 6 nitrogen and oxygen atoms in total. The van der Waals surface area contributed by atoms with Crippen LogP contribution in [-0.4, -0.2) is 46.8 Å². The number of carbonyl (C=O) groups is 2. The highest BCUT2D eigenvalue weighted by atomic mass is 19.1. The van der Waals surface area contributed by atoms with Crippen LogP contribution in [0.3, 0.4) is 0 Å². The zero-order chi connectivity index (χ0) is 21.1. The number of benzene rings is 2. The van der Waals surface area contributed by atoms with Crippen molar-refractivity contribution in [2.75, 3.05) is 14.1 Å². The number of ether oxygens (including phenoxy) is 1. The number of carbonyl (C=O) groups excluding carboxylic acids is 2. The fourth-order valence-electron chi connectivity index (χ4n) is 2.89. The highest BCUT2D eigenvalue weighted by Crippen LogP contribution is 2.26. The molecule has 0 aliphatic rings. The second-order valence-corrected chi connectivity index (χ2v) is 6.96. The molecular weight excluding hydrogens is 373 g/mol. The van der Waals surface area contributed by atoms with Gasteiger partial charge in [0.15, 0.2) is 6.10 Å². The maximum absolute atomic E-state index is 13.3. The monoisotopic (exact) mass is 395 g/mol. The lowest BCUT2D eigenvalue weighted by Gasteiger charge is -2.17. The van der Waals surface area contributed by atoms with Crippen molar-refractivity contribution in [1.29, 1.82) is 0 Å². The predicted octanol–water partition coefficient (Wildman–Crippen LogP) is 3.62. The molecule has 0 bridgehead atoms. The summed E-state index contributed by atoms with van der Waals surface area (Å²) in [5, 5.41) is 4.53. The van der Waals surface area contributed by atoms with Crippen LogP contribution in [0.25, 0.3) is 16.9 Å². The summed E-state index contributed by atoms with van der Waals surface area (Å²) in [7, 11) is 3.19. The third-order valence-electron chi connectivity index (χ3n) is 4.39. The maximum atomic E-state index is 13.3. The third kappa shape index (κ3) is 4.51. The highest BCUT2D eigenvalue weighted by Gasteiger charge is 2.25. The van der Waals surface area contributed by atoms with E-state index < -0.39 is 12.1 Å². The molecule has 0 aliphatic carbocycles. The Bertz CT molecular complexity index is 1040. The zero-order valence-corrected chi connectivity index (χ0v) is 16.7. The van der Waals surface area contributed by atoms with Gasteiger partial charge in [0, 0.05) is 25.9 Å². The molecule has 0 N–H and O–H groups in total. The van der Waals surface area contributed by atoms with Gasteiger partial charge in [0.1, 0.15) is 17.1 Å². The van der Waals surface area contributed by atoms with Crippen LogP contribution in [0.1, 0.15) is 22.8 Å². The molecule has 0 aliphatic heterocycles. The minimum absolute atomic E-state index is 0.221. The Balaban J connectivity index is 2.03. The molecule has 0 fully saturated rings. The lowest BCUT2D eigenvalue weighted by molar-refractivity contribution is -0.137. The molecule has 1 aromatic heterocycles. The zero-order valence-electron chi connectivity index (χ0n) is 16.7. The first-order valence-electron chi connectivity index (χ1n) is 9.11. The van der Waals surface area contributed by atoms with E-state index in [0.29, 0.717) is 11.4 Å². The number of aromatic nitrogens is 2. The lowest BCUT2D eigenvalue weighted by atomic mass is 10.1. The van der Waals surface area contributed by atoms with E-state index in [9.17, 15) is 14.0 Å². The van der Waals surface area contributed by atoms with Gasteiger partial charge in [-0.25, -0.2) is 13.9 Å². The van der Waals surface area contributed by atoms with Gasteiger partial charge in [0.25, 0.3) is 5.91 Å². The van der Waals surface area contributed by atoms with Crippen molar-refractivity contribution in [3.05, 3.63) is 71.7 Å². The quantitative estimate of drug-likeness (QED) is 0.619. The average molecular weight is 395 g/mol. The van der Waals surface area contributed by atoms with E-state index in [-0.39, 0.29) is 17.3 Å². The van der Waals surface area contributed by atoms with Crippen molar-refractivity contribution in [2.24, 2.45) is 0 Å². The molecule has 0 saturated heterocycles. The molecule has 0 spiro atoms. The van der Waals surface area contributed by atoms with Gasteiger partial charge in [-0.2, -0.15) is 5.10 Å². The molecule has 2 aromatic carbocycles. The van der Waals surface area contributed by atoms with Crippen molar-refractivity contribution >= 4 is 11.9 Å². The lowest BCUT2D eigenvalue weighted by Crippen LogP contribution is -2.34. The number of halogens is 1. The van der Waals surface area contributed by atoms with Crippen LogP contribution < -0.4 is 0 Å². The summed E-state index contributed by atoms with van der Waals surface area (Å²) in [4.78, 5) is 26.3. The maximum Gasteiger partial charge on any atom is 0.342 e. The molecule has 3 rings (SSSR count). The molecular formula is C22H22FN3O3. The van der Waals surface area contributed by atoms with Crippen molar-refractivity contribution < 1.29 is 18.7 Å². The van der Waals surface area contributed by atoms with E-state index >= 15 is 0 Å². The number of aryl methyl sites for hydroxylation is 1. The third-order valence-corrected chi connectivity index (χ3v) is 4.39. The van der Waals surface area contributed by atoms with Gasteiger partial charge in [-0.15, -0.1) is 0 Å². The fraction of sp³-hybridized carbons (Fsp3) is 0.227. The van der Waals surface area contributed by atoms with Gasteiger partial charge in [-0.3, -0.25) is 4.79 Å². The van der Waals surface area contributed by atoms with E-state index in [1.165, 1.54) is 34.8 Å². The first-order chi connectivity index (χ1) is 13.8. The second-order valence-electron chi connectivity index (χ2n) is 6.96. The van der Waals surface area contributed by atoms with Crippen LogP contribution in [0.4, 0.5) is 4.39 Å². The van der Waals surface area contributed by atoms with E-state index in [4.69, 9.17) is 4.74 Å². The molecule has 0 radical (unpaired) electrons. The highest BCUT2D eigenvalue weighted by molar-refractivity contribution is 5.97. The number of amides is 1. The van der Waals surface area contributed by atoms with E-state index in [0.717, 1.165) is 11.1 Å². The number of likely N-dealkylation sites (N-methyl/N-ethyl adjacent to an activating group) is 1.